The normalized spacial score (nSPS) is 19.9. The molecule has 1 atom stereocenters. The highest BCUT2D eigenvalue weighted by Crippen LogP contribution is 2.22. The summed E-state index contributed by atoms with van der Waals surface area (Å²) in [5.41, 5.74) is 2.19. The van der Waals surface area contributed by atoms with Gasteiger partial charge in [-0.05, 0) is 42.9 Å². The maximum Gasteiger partial charge on any atom is 0.303 e. The van der Waals surface area contributed by atoms with Gasteiger partial charge >= 0.3 is 5.97 Å². The molecule has 1 aromatic rings. The van der Waals surface area contributed by atoms with E-state index in [1.807, 2.05) is 12.1 Å². The first-order valence-corrected chi connectivity index (χ1v) is 7.30. The van der Waals surface area contributed by atoms with E-state index < -0.39 is 5.97 Å². The average molecular weight is 277 g/mol. The molecule has 0 radical (unpaired) electrons. The smallest absolute Gasteiger partial charge is 0.303 e. The number of carboxylic acid groups (broad SMARTS) is 1. The van der Waals surface area contributed by atoms with Gasteiger partial charge in [-0.25, -0.2) is 0 Å². The topological polar surface area (TPSA) is 60.8 Å². The molecule has 1 fully saturated rings. The van der Waals surface area contributed by atoms with E-state index in [2.05, 4.69) is 17.0 Å². The quantitative estimate of drug-likeness (QED) is 0.837. The van der Waals surface area contributed by atoms with Gasteiger partial charge in [-0.3, -0.25) is 9.69 Å². The predicted molar refractivity (Wildman–Crippen MR) is 77.2 cm³/mol. The molecule has 2 rings (SSSR count). The highest BCUT2D eigenvalue weighted by molar-refractivity contribution is 5.66. The van der Waals surface area contributed by atoms with Crippen molar-refractivity contribution in [2.45, 2.75) is 38.8 Å². The maximum atomic E-state index is 10.6. The van der Waals surface area contributed by atoms with E-state index in [9.17, 15) is 4.79 Å². The molecule has 4 heteroatoms. The third-order valence-electron chi connectivity index (χ3n) is 3.98. The molecule has 0 bridgehead atoms. The van der Waals surface area contributed by atoms with Crippen molar-refractivity contribution in [1.82, 2.24) is 4.90 Å². The summed E-state index contributed by atoms with van der Waals surface area (Å²) in [6.45, 7) is 3.08. The van der Waals surface area contributed by atoms with E-state index in [0.29, 0.717) is 5.92 Å². The van der Waals surface area contributed by atoms with Gasteiger partial charge in [0, 0.05) is 19.5 Å². The molecule has 0 amide bonds. The number of likely N-dealkylation sites (tertiary alicyclic amines) is 1. The van der Waals surface area contributed by atoms with Crippen molar-refractivity contribution in [2.24, 2.45) is 5.92 Å². The molecule has 0 spiro atoms. The van der Waals surface area contributed by atoms with E-state index in [0.717, 1.165) is 44.5 Å². The van der Waals surface area contributed by atoms with Gasteiger partial charge in [-0.15, -0.1) is 0 Å². The summed E-state index contributed by atoms with van der Waals surface area (Å²) in [5, 5.41) is 17.8. The molecule has 1 heterocycles. The van der Waals surface area contributed by atoms with Crippen molar-refractivity contribution in [3.05, 3.63) is 35.4 Å². The molecule has 0 aromatic heterocycles. The van der Waals surface area contributed by atoms with Crippen molar-refractivity contribution in [1.29, 1.82) is 0 Å². The van der Waals surface area contributed by atoms with Crippen LogP contribution in [0.2, 0.25) is 0 Å². The van der Waals surface area contributed by atoms with Crippen LogP contribution < -0.4 is 0 Å². The van der Waals surface area contributed by atoms with Crippen molar-refractivity contribution >= 4 is 5.97 Å². The van der Waals surface area contributed by atoms with Crippen LogP contribution in [0.5, 0.6) is 0 Å². The lowest BCUT2D eigenvalue weighted by Crippen LogP contribution is -2.35. The van der Waals surface area contributed by atoms with Gasteiger partial charge in [0.25, 0.3) is 0 Å². The summed E-state index contributed by atoms with van der Waals surface area (Å²) in [6, 6.07) is 8.04. The van der Waals surface area contributed by atoms with Crippen LogP contribution in [0.1, 0.15) is 36.8 Å². The Kier molecular flexibility index (Phi) is 5.56. The molecule has 1 aliphatic rings. The molecule has 4 nitrogen and oxygen atoms in total. The lowest BCUT2D eigenvalue weighted by molar-refractivity contribution is -0.137. The number of rotatable bonds is 6. The lowest BCUT2D eigenvalue weighted by Gasteiger charge is -2.32. The SMILES string of the molecule is O=C(O)CCC1CCCN(Cc2ccc(CO)cc2)C1. The first kappa shape index (κ1) is 15.0. The molecule has 0 saturated carbocycles. The van der Waals surface area contributed by atoms with Crippen LogP contribution >= 0.6 is 0 Å². The fourth-order valence-electron chi connectivity index (χ4n) is 2.87. The Bertz CT molecular complexity index is 430. The van der Waals surface area contributed by atoms with E-state index in [-0.39, 0.29) is 13.0 Å². The number of piperidine rings is 1. The minimum Gasteiger partial charge on any atom is -0.481 e. The number of carbonyl (C=O) groups is 1. The van der Waals surface area contributed by atoms with E-state index >= 15 is 0 Å². The Morgan fingerprint density at radius 1 is 1.25 bits per heavy atom. The minimum absolute atomic E-state index is 0.0846. The second-order valence-corrected chi connectivity index (χ2v) is 5.65. The summed E-state index contributed by atoms with van der Waals surface area (Å²) in [7, 11) is 0. The van der Waals surface area contributed by atoms with Gasteiger partial charge in [0.15, 0.2) is 0 Å². The molecule has 1 aliphatic heterocycles. The number of aliphatic hydroxyl groups is 1. The Morgan fingerprint density at radius 2 is 1.95 bits per heavy atom. The molecule has 2 N–H and O–H groups in total. The van der Waals surface area contributed by atoms with Crippen LogP contribution in [-0.2, 0) is 17.9 Å². The summed E-state index contributed by atoms with van der Waals surface area (Å²) >= 11 is 0. The highest BCUT2D eigenvalue weighted by atomic mass is 16.4. The monoisotopic (exact) mass is 277 g/mol. The Morgan fingerprint density at radius 3 is 2.60 bits per heavy atom. The van der Waals surface area contributed by atoms with Crippen LogP contribution in [0.4, 0.5) is 0 Å². The van der Waals surface area contributed by atoms with E-state index in [4.69, 9.17) is 10.2 Å². The van der Waals surface area contributed by atoms with Crippen molar-refractivity contribution in [3.8, 4) is 0 Å². The molecule has 0 aliphatic carbocycles. The Labute approximate surface area is 120 Å². The molecule has 1 aromatic carbocycles. The predicted octanol–water partition coefficient (Wildman–Crippen LogP) is 2.26. The fraction of sp³-hybridized carbons (Fsp3) is 0.562. The standard InChI is InChI=1S/C16H23NO3/c18-12-15-5-3-14(4-6-15)11-17-9-1-2-13(10-17)7-8-16(19)20/h3-6,13,18H,1-2,7-12H2,(H,19,20). The summed E-state index contributed by atoms with van der Waals surface area (Å²) in [6.07, 6.45) is 3.37. The van der Waals surface area contributed by atoms with Gasteiger partial charge in [0.2, 0.25) is 0 Å². The number of benzene rings is 1. The van der Waals surface area contributed by atoms with Gasteiger partial charge < -0.3 is 10.2 Å². The molecular formula is C16H23NO3. The largest absolute Gasteiger partial charge is 0.481 e. The van der Waals surface area contributed by atoms with E-state index in [1.54, 1.807) is 0 Å². The third-order valence-corrected chi connectivity index (χ3v) is 3.98. The second-order valence-electron chi connectivity index (χ2n) is 5.65. The van der Waals surface area contributed by atoms with Gasteiger partial charge in [0.1, 0.15) is 0 Å². The molecule has 110 valence electrons. The number of aliphatic carboxylic acids is 1. The Hall–Kier alpha value is -1.39. The fourth-order valence-corrected chi connectivity index (χ4v) is 2.87. The zero-order valence-corrected chi connectivity index (χ0v) is 11.8. The van der Waals surface area contributed by atoms with Gasteiger partial charge in [-0.1, -0.05) is 24.3 Å². The van der Waals surface area contributed by atoms with Crippen LogP contribution in [0.15, 0.2) is 24.3 Å². The van der Waals surface area contributed by atoms with Crippen LogP contribution in [-0.4, -0.2) is 34.2 Å². The van der Waals surface area contributed by atoms with Crippen molar-refractivity contribution < 1.29 is 15.0 Å². The van der Waals surface area contributed by atoms with Gasteiger partial charge in [0.05, 0.1) is 6.61 Å². The zero-order chi connectivity index (χ0) is 14.4. The van der Waals surface area contributed by atoms with Crippen LogP contribution in [0, 0.1) is 5.92 Å². The maximum absolute atomic E-state index is 10.6. The third kappa shape index (κ3) is 4.62. The summed E-state index contributed by atoms with van der Waals surface area (Å²) in [4.78, 5) is 13.0. The minimum atomic E-state index is -0.693. The molecular weight excluding hydrogens is 254 g/mol. The van der Waals surface area contributed by atoms with Crippen LogP contribution in [0.25, 0.3) is 0 Å². The average Bonchev–Trinajstić information content (AvgIpc) is 2.46. The highest BCUT2D eigenvalue weighted by Gasteiger charge is 2.20. The van der Waals surface area contributed by atoms with Crippen molar-refractivity contribution in [2.75, 3.05) is 13.1 Å². The van der Waals surface area contributed by atoms with Gasteiger partial charge in [-0.2, -0.15) is 0 Å². The Balaban J connectivity index is 1.83. The first-order chi connectivity index (χ1) is 9.67. The molecule has 1 saturated heterocycles. The summed E-state index contributed by atoms with van der Waals surface area (Å²) < 4.78 is 0. The number of hydrogen-bond donors (Lipinski definition) is 2. The van der Waals surface area contributed by atoms with E-state index in [1.165, 1.54) is 5.56 Å². The number of hydrogen-bond acceptors (Lipinski definition) is 3. The number of aliphatic hydroxyl groups excluding tert-OH is 1. The van der Waals surface area contributed by atoms with Crippen molar-refractivity contribution in [3.63, 3.8) is 0 Å². The molecule has 20 heavy (non-hydrogen) atoms. The second kappa shape index (κ2) is 7.41. The zero-order valence-electron chi connectivity index (χ0n) is 11.8. The summed E-state index contributed by atoms with van der Waals surface area (Å²) in [5.74, 6) is -0.182. The molecule has 1 unspecified atom stereocenters. The first-order valence-electron chi connectivity index (χ1n) is 7.30. The number of nitrogens with zero attached hydrogens (tertiary/aromatic N) is 1. The van der Waals surface area contributed by atoms with Crippen LogP contribution in [0.3, 0.4) is 0 Å². The number of carboxylic acids is 1. The lowest BCUT2D eigenvalue weighted by atomic mass is 9.93.